The zero-order chi connectivity index (χ0) is 13.1. The molecule has 1 aromatic carbocycles. The third-order valence-electron chi connectivity index (χ3n) is 2.03. The van der Waals surface area contributed by atoms with Crippen molar-refractivity contribution in [2.75, 3.05) is 0 Å². The first-order valence-electron chi connectivity index (χ1n) is 4.64. The second kappa shape index (κ2) is 5.33. The van der Waals surface area contributed by atoms with Crippen LogP contribution in [-0.2, 0) is 4.74 Å². The van der Waals surface area contributed by atoms with Crippen LogP contribution in [-0.4, -0.2) is 21.5 Å². The summed E-state index contributed by atoms with van der Waals surface area (Å²) in [6.45, 7) is 1.25. The van der Waals surface area contributed by atoms with Gasteiger partial charge in [0.2, 0.25) is 0 Å². The van der Waals surface area contributed by atoms with Crippen LogP contribution in [0.2, 0.25) is 0 Å². The minimum absolute atomic E-state index is 0.270. The highest BCUT2D eigenvalue weighted by atomic mass is 35.5. The summed E-state index contributed by atoms with van der Waals surface area (Å²) in [5, 5.41) is 10.5. The molecule has 0 heterocycles. The largest absolute Gasteiger partial charge is 0.448 e. The number of nitro groups is 1. The van der Waals surface area contributed by atoms with E-state index < -0.39 is 21.5 Å². The van der Waals surface area contributed by atoms with E-state index in [9.17, 15) is 14.9 Å². The number of hydrogen-bond acceptors (Lipinski definition) is 4. The highest BCUT2D eigenvalue weighted by molar-refractivity contribution is 6.47. The smallest absolute Gasteiger partial charge is 0.406 e. The lowest BCUT2D eigenvalue weighted by Gasteiger charge is -2.18. The molecule has 92 valence electrons. The van der Waals surface area contributed by atoms with Gasteiger partial charge in [-0.05, 0) is 42.3 Å². The van der Waals surface area contributed by atoms with Crippen molar-refractivity contribution in [3.63, 3.8) is 0 Å². The van der Waals surface area contributed by atoms with Crippen LogP contribution in [0.5, 0.6) is 0 Å². The molecule has 1 aromatic rings. The summed E-state index contributed by atoms with van der Waals surface area (Å²) in [7, 11) is 0. The van der Waals surface area contributed by atoms with Crippen molar-refractivity contribution in [2.45, 2.75) is 17.5 Å². The molecule has 17 heavy (non-hydrogen) atoms. The van der Waals surface area contributed by atoms with Crippen LogP contribution in [0.1, 0.15) is 17.3 Å². The number of carbonyl (C=O) groups excluding carboxylic acids is 1. The molecule has 5 nitrogen and oxygen atoms in total. The standard InChI is InChI=1S/C10H9Cl2NO4/c1-7(10(11,12)13(15)16)17-9(14)8-5-3-2-4-6-8/h2-7H,1H3. The maximum atomic E-state index is 11.6. The summed E-state index contributed by atoms with van der Waals surface area (Å²) in [4.78, 5) is 21.2. The lowest BCUT2D eigenvalue weighted by atomic mass is 10.2. The fourth-order valence-corrected chi connectivity index (χ4v) is 1.11. The van der Waals surface area contributed by atoms with Gasteiger partial charge in [0.15, 0.2) is 6.10 Å². The summed E-state index contributed by atoms with van der Waals surface area (Å²) in [6, 6.07) is 8.05. The van der Waals surface area contributed by atoms with E-state index in [1.54, 1.807) is 18.2 Å². The third-order valence-corrected chi connectivity index (χ3v) is 2.92. The van der Waals surface area contributed by atoms with Gasteiger partial charge < -0.3 is 4.74 Å². The third kappa shape index (κ3) is 3.31. The molecular formula is C10H9Cl2NO4. The van der Waals surface area contributed by atoms with Gasteiger partial charge in [-0.15, -0.1) is 0 Å². The summed E-state index contributed by atoms with van der Waals surface area (Å²) in [6.07, 6.45) is -1.27. The molecule has 7 heteroatoms. The first-order valence-corrected chi connectivity index (χ1v) is 5.39. The van der Waals surface area contributed by atoms with Crippen LogP contribution < -0.4 is 0 Å². The number of halogens is 2. The van der Waals surface area contributed by atoms with Crippen LogP contribution in [0, 0.1) is 10.1 Å². The average Bonchev–Trinajstić information content (AvgIpc) is 2.29. The summed E-state index contributed by atoms with van der Waals surface area (Å²) < 4.78 is 2.46. The Kier molecular flexibility index (Phi) is 4.31. The summed E-state index contributed by atoms with van der Waals surface area (Å²) >= 11 is 10.9. The molecule has 0 spiro atoms. The van der Waals surface area contributed by atoms with Crippen molar-refractivity contribution in [1.29, 1.82) is 0 Å². The Morgan fingerprint density at radius 3 is 2.41 bits per heavy atom. The van der Waals surface area contributed by atoms with E-state index in [1.165, 1.54) is 19.1 Å². The van der Waals surface area contributed by atoms with E-state index in [1.807, 2.05) is 0 Å². The number of benzene rings is 1. The lowest BCUT2D eigenvalue weighted by molar-refractivity contribution is -0.526. The van der Waals surface area contributed by atoms with Crippen molar-refractivity contribution >= 4 is 29.2 Å². The SMILES string of the molecule is CC(OC(=O)c1ccccc1)C(Cl)(Cl)[N+](=O)[O-]. The van der Waals surface area contributed by atoms with Crippen molar-refractivity contribution < 1.29 is 14.5 Å². The van der Waals surface area contributed by atoms with Crippen molar-refractivity contribution in [1.82, 2.24) is 0 Å². The first kappa shape index (κ1) is 13.7. The number of ether oxygens (including phenoxy) is 1. The van der Waals surface area contributed by atoms with Gasteiger partial charge in [0, 0.05) is 0 Å². The number of nitrogens with zero attached hydrogens (tertiary/aromatic N) is 1. The predicted octanol–water partition coefficient (Wildman–Crippen LogP) is 2.64. The van der Waals surface area contributed by atoms with E-state index in [0.29, 0.717) is 0 Å². The number of hydrogen-bond donors (Lipinski definition) is 0. The zero-order valence-electron chi connectivity index (χ0n) is 8.80. The van der Waals surface area contributed by atoms with E-state index in [0.717, 1.165) is 0 Å². The van der Waals surface area contributed by atoms with Crippen molar-refractivity contribution in [2.24, 2.45) is 0 Å². The van der Waals surface area contributed by atoms with Crippen molar-refractivity contribution in [3.05, 3.63) is 46.0 Å². The molecule has 0 amide bonds. The van der Waals surface area contributed by atoms with Crippen LogP contribution in [0.4, 0.5) is 0 Å². The molecule has 1 atom stereocenters. The molecule has 0 aliphatic carbocycles. The van der Waals surface area contributed by atoms with Crippen LogP contribution in [0.15, 0.2) is 30.3 Å². The molecule has 0 saturated heterocycles. The second-order valence-corrected chi connectivity index (χ2v) is 4.60. The van der Waals surface area contributed by atoms with Gasteiger partial charge in [-0.2, -0.15) is 0 Å². The Balaban J connectivity index is 2.74. The van der Waals surface area contributed by atoms with Gasteiger partial charge in [0.05, 0.1) is 10.5 Å². The van der Waals surface area contributed by atoms with E-state index >= 15 is 0 Å². The number of rotatable bonds is 4. The Morgan fingerprint density at radius 1 is 1.41 bits per heavy atom. The number of carbonyl (C=O) groups is 1. The molecule has 0 bridgehead atoms. The molecule has 0 aliphatic rings. The van der Waals surface area contributed by atoms with Gasteiger partial charge in [-0.1, -0.05) is 18.2 Å². The molecule has 0 aliphatic heterocycles. The Labute approximate surface area is 107 Å². The summed E-state index contributed by atoms with van der Waals surface area (Å²) in [5.41, 5.74) is 0.270. The van der Waals surface area contributed by atoms with Gasteiger partial charge in [-0.3, -0.25) is 10.1 Å². The zero-order valence-corrected chi connectivity index (χ0v) is 10.3. The fourth-order valence-electron chi connectivity index (χ4n) is 1.02. The van der Waals surface area contributed by atoms with E-state index in [2.05, 4.69) is 0 Å². The minimum atomic E-state index is -2.36. The second-order valence-electron chi connectivity index (χ2n) is 3.26. The van der Waals surface area contributed by atoms with Gasteiger partial charge in [0.1, 0.15) is 0 Å². The minimum Gasteiger partial charge on any atom is -0.448 e. The highest BCUT2D eigenvalue weighted by Gasteiger charge is 2.47. The first-order chi connectivity index (χ1) is 7.85. The molecule has 0 fully saturated rings. The average molecular weight is 278 g/mol. The van der Waals surface area contributed by atoms with Crippen LogP contribution in [0.25, 0.3) is 0 Å². The molecule has 1 unspecified atom stereocenters. The number of alkyl halides is 2. The molecular weight excluding hydrogens is 269 g/mol. The molecule has 0 aromatic heterocycles. The molecule has 0 N–H and O–H groups in total. The maximum Gasteiger partial charge on any atom is 0.406 e. The highest BCUT2D eigenvalue weighted by Crippen LogP contribution is 2.28. The predicted molar refractivity (Wildman–Crippen MR) is 62.8 cm³/mol. The molecule has 0 saturated carbocycles. The summed E-state index contributed by atoms with van der Waals surface area (Å²) in [5.74, 6) is -0.717. The molecule has 1 rings (SSSR count). The van der Waals surface area contributed by atoms with Gasteiger partial charge in [-0.25, -0.2) is 4.79 Å². The van der Waals surface area contributed by atoms with Crippen LogP contribution in [0.3, 0.4) is 0 Å². The fraction of sp³-hybridized carbons (Fsp3) is 0.300. The normalized spacial score (nSPS) is 12.9. The van der Waals surface area contributed by atoms with Gasteiger partial charge >= 0.3 is 10.4 Å². The van der Waals surface area contributed by atoms with E-state index in [-0.39, 0.29) is 5.56 Å². The Hall–Kier alpha value is -1.33. The quantitative estimate of drug-likeness (QED) is 0.279. The number of esters is 1. The van der Waals surface area contributed by atoms with E-state index in [4.69, 9.17) is 27.9 Å². The lowest BCUT2D eigenvalue weighted by Crippen LogP contribution is -2.40. The monoisotopic (exact) mass is 277 g/mol. The van der Waals surface area contributed by atoms with Gasteiger partial charge in [0.25, 0.3) is 0 Å². The molecule has 0 radical (unpaired) electrons. The topological polar surface area (TPSA) is 69.4 Å². The van der Waals surface area contributed by atoms with Crippen molar-refractivity contribution in [3.8, 4) is 0 Å². The Bertz CT molecular complexity index is 422. The van der Waals surface area contributed by atoms with Crippen LogP contribution >= 0.6 is 23.2 Å². The Morgan fingerprint density at radius 2 is 1.94 bits per heavy atom. The maximum absolute atomic E-state index is 11.6.